The number of carbonyl (C=O) groups is 3. The molecule has 13 nitrogen and oxygen atoms in total. The maximum atomic E-state index is 13.6. The van der Waals surface area contributed by atoms with E-state index in [4.69, 9.17) is 11.1 Å². The highest BCUT2D eigenvalue weighted by Gasteiger charge is 2.69. The Morgan fingerprint density at radius 2 is 1.63 bits per heavy atom. The Hall–Kier alpha value is -3.64. The number of carbonyl (C=O) groups excluding carboxylic acids is 2. The van der Waals surface area contributed by atoms with E-state index in [1.165, 1.54) is 16.5 Å². The van der Waals surface area contributed by atoms with E-state index in [1.54, 1.807) is 0 Å². The van der Waals surface area contributed by atoms with Crippen LogP contribution in [0.15, 0.2) is 9.59 Å². The summed E-state index contributed by atoms with van der Waals surface area (Å²) < 4.78 is 2.35. The first-order valence-corrected chi connectivity index (χ1v) is 14.6. The second-order valence-electron chi connectivity index (χ2n) is 13.3. The van der Waals surface area contributed by atoms with Crippen molar-refractivity contribution in [3.05, 3.63) is 26.4 Å². The van der Waals surface area contributed by atoms with Crippen molar-refractivity contribution >= 4 is 23.7 Å². The summed E-state index contributed by atoms with van der Waals surface area (Å²) in [5, 5.41) is 28.4. The second kappa shape index (κ2) is 9.18. The number of nitrogens with two attached hydrogens (primary N) is 1. The molecule has 1 aliphatic heterocycles. The number of aromatic nitrogens is 2. The highest BCUT2D eigenvalue weighted by molar-refractivity contribution is 6.07. The molecule has 0 bridgehead atoms. The number of likely N-dealkylation sites (N-methyl/N-ethyl adjacent to an activating group) is 1. The molecule has 6 rings (SSSR count). The third-order valence-electron chi connectivity index (χ3n) is 10.8. The van der Waals surface area contributed by atoms with Crippen LogP contribution >= 0.6 is 0 Å². The van der Waals surface area contributed by atoms with Gasteiger partial charge in [-0.1, -0.05) is 12.8 Å². The van der Waals surface area contributed by atoms with Crippen molar-refractivity contribution in [2.24, 2.45) is 22.5 Å². The average molecular weight is 571 g/mol. The largest absolute Gasteiger partial charge is 0.494 e. The van der Waals surface area contributed by atoms with Crippen LogP contribution in [0.1, 0.15) is 88.7 Å². The Bertz CT molecular complexity index is 1450. The summed E-state index contributed by atoms with van der Waals surface area (Å²) in [6, 6.07) is -0.909. The molecule has 5 N–H and O–H groups in total. The Morgan fingerprint density at radius 1 is 1.02 bits per heavy atom. The lowest BCUT2D eigenvalue weighted by atomic mass is 9.51. The van der Waals surface area contributed by atoms with Crippen LogP contribution in [0.3, 0.4) is 0 Å². The number of aliphatic carboxylic acids is 1. The standard InChI is InChI=1S/C28H38N6O7/c1-31-22(37)28(33(24(31)40)15-27(10-11-27)23(38)39)13-26(14-28)8-6-17(7-9-26)34-21(36)18(19(29)30)20(35)32(25(34)41)12-16-4-2-3-5-16/h16-17,35H,2-15H2,1H3,(H3,29,30)(H,38,39). The highest BCUT2D eigenvalue weighted by Crippen LogP contribution is 2.63. The van der Waals surface area contributed by atoms with E-state index in [9.17, 15) is 34.2 Å². The van der Waals surface area contributed by atoms with Gasteiger partial charge in [-0.05, 0) is 75.5 Å². The summed E-state index contributed by atoms with van der Waals surface area (Å²) in [5.74, 6) is -2.17. The van der Waals surface area contributed by atoms with Crippen molar-refractivity contribution in [3.63, 3.8) is 0 Å². The monoisotopic (exact) mass is 570 g/mol. The minimum atomic E-state index is -1.05. The van der Waals surface area contributed by atoms with E-state index in [2.05, 4.69) is 0 Å². The van der Waals surface area contributed by atoms with Crippen molar-refractivity contribution in [2.75, 3.05) is 13.6 Å². The summed E-state index contributed by atoms with van der Waals surface area (Å²) in [5.41, 5.74) is 1.68. The number of carboxylic acid groups (broad SMARTS) is 1. The number of nitrogens with one attached hydrogen (secondary N) is 1. The molecule has 2 spiro atoms. The van der Waals surface area contributed by atoms with Gasteiger partial charge in [0.2, 0.25) is 5.88 Å². The highest BCUT2D eigenvalue weighted by atomic mass is 16.4. The number of rotatable bonds is 7. The smallest absolute Gasteiger partial charge is 0.334 e. The Morgan fingerprint density at radius 3 is 2.17 bits per heavy atom. The number of amidine groups is 1. The maximum absolute atomic E-state index is 13.6. The lowest BCUT2D eigenvalue weighted by molar-refractivity contribution is -0.154. The summed E-state index contributed by atoms with van der Waals surface area (Å²) >= 11 is 0. The van der Waals surface area contributed by atoms with E-state index in [1.807, 2.05) is 0 Å². The number of hydrogen-bond acceptors (Lipinski definition) is 7. The van der Waals surface area contributed by atoms with Gasteiger partial charge in [-0.25, -0.2) is 9.59 Å². The molecule has 13 heteroatoms. The van der Waals surface area contributed by atoms with Crippen molar-refractivity contribution < 1.29 is 24.6 Å². The quantitative estimate of drug-likeness (QED) is 0.216. The van der Waals surface area contributed by atoms with Crippen molar-refractivity contribution in [2.45, 2.75) is 95.2 Å². The second-order valence-corrected chi connectivity index (χ2v) is 13.3. The number of urea groups is 1. The zero-order valence-corrected chi connectivity index (χ0v) is 23.4. The number of hydrogen-bond donors (Lipinski definition) is 4. The molecule has 1 aromatic heterocycles. The molecule has 2 heterocycles. The Kier molecular flexibility index (Phi) is 6.17. The van der Waals surface area contributed by atoms with Crippen LogP contribution in [0.4, 0.5) is 4.79 Å². The van der Waals surface area contributed by atoms with Crippen LogP contribution in [0.5, 0.6) is 5.88 Å². The van der Waals surface area contributed by atoms with Crippen molar-refractivity contribution in [1.82, 2.24) is 18.9 Å². The number of nitrogens with zero attached hydrogens (tertiary/aromatic N) is 4. The maximum Gasteiger partial charge on any atom is 0.334 e. The van der Waals surface area contributed by atoms with E-state index in [-0.39, 0.29) is 35.9 Å². The fourth-order valence-electron chi connectivity index (χ4n) is 8.18. The molecule has 0 radical (unpaired) electrons. The van der Waals surface area contributed by atoms with Gasteiger partial charge in [-0.15, -0.1) is 0 Å². The van der Waals surface area contributed by atoms with Crippen LogP contribution in [0.25, 0.3) is 0 Å². The summed E-state index contributed by atoms with van der Waals surface area (Å²) in [7, 11) is 1.44. The molecule has 222 valence electrons. The lowest BCUT2D eigenvalue weighted by Crippen LogP contribution is -2.65. The normalized spacial score (nSPS) is 30.8. The van der Waals surface area contributed by atoms with Gasteiger partial charge in [0.1, 0.15) is 16.9 Å². The van der Waals surface area contributed by atoms with Crippen molar-refractivity contribution in [3.8, 4) is 5.88 Å². The minimum absolute atomic E-state index is 0.0210. The first-order valence-electron chi connectivity index (χ1n) is 14.6. The lowest BCUT2D eigenvalue weighted by Gasteiger charge is -2.58. The predicted octanol–water partition coefficient (Wildman–Crippen LogP) is 1.58. The van der Waals surface area contributed by atoms with Gasteiger partial charge in [0.05, 0.1) is 5.41 Å². The van der Waals surface area contributed by atoms with Gasteiger partial charge >= 0.3 is 17.7 Å². The zero-order valence-electron chi connectivity index (χ0n) is 23.4. The SMILES string of the molecule is CN1C(=O)N(CC2(C(=O)O)CC2)C2(CC3(CCC(n4c(=O)c(C(=N)N)c(O)n(CC5CCCC5)c4=O)CC3)C2)C1=O. The molecule has 3 amide bonds. The van der Waals surface area contributed by atoms with Gasteiger partial charge in [0, 0.05) is 26.2 Å². The van der Waals surface area contributed by atoms with E-state index in [0.717, 1.165) is 35.2 Å². The molecule has 1 aromatic rings. The molecule has 0 unspecified atom stereocenters. The zero-order chi connectivity index (χ0) is 29.5. The fourth-order valence-corrected chi connectivity index (χ4v) is 8.18. The number of imide groups is 1. The van der Waals surface area contributed by atoms with E-state index >= 15 is 0 Å². The molecule has 1 saturated heterocycles. The van der Waals surface area contributed by atoms with Gasteiger partial charge in [0.15, 0.2) is 0 Å². The minimum Gasteiger partial charge on any atom is -0.494 e. The number of aromatic hydroxyl groups is 1. The predicted molar refractivity (Wildman–Crippen MR) is 146 cm³/mol. The van der Waals surface area contributed by atoms with Gasteiger partial charge in [0.25, 0.3) is 11.5 Å². The third kappa shape index (κ3) is 4.02. The fraction of sp³-hybridized carbons (Fsp3) is 0.714. The molecule has 41 heavy (non-hydrogen) atoms. The number of carboxylic acids is 1. The molecule has 4 saturated carbocycles. The van der Waals surface area contributed by atoms with Crippen molar-refractivity contribution in [1.29, 1.82) is 5.41 Å². The van der Waals surface area contributed by atoms with Crippen LogP contribution in [-0.2, 0) is 16.1 Å². The van der Waals surface area contributed by atoms with Gasteiger partial charge in [-0.2, -0.15) is 0 Å². The average Bonchev–Trinajstić information content (AvgIpc) is 3.48. The molecule has 0 atom stereocenters. The first-order chi connectivity index (χ1) is 19.3. The number of nitrogen functional groups attached to an aromatic ring is 1. The molecule has 5 aliphatic rings. The molecular formula is C28H38N6O7. The van der Waals surface area contributed by atoms with E-state index in [0.29, 0.717) is 51.4 Å². The molecule has 4 aliphatic carbocycles. The van der Waals surface area contributed by atoms with E-state index < -0.39 is 52.0 Å². The summed E-state index contributed by atoms with van der Waals surface area (Å²) in [6.45, 7) is 0.287. The number of amides is 3. The Balaban J connectivity index is 1.24. The third-order valence-corrected chi connectivity index (χ3v) is 10.8. The van der Waals surface area contributed by atoms with Crippen LogP contribution in [-0.4, -0.2) is 72.0 Å². The molecular weight excluding hydrogens is 532 g/mol. The van der Waals surface area contributed by atoms with Crippen LogP contribution in [0.2, 0.25) is 0 Å². The molecule has 0 aromatic carbocycles. The summed E-state index contributed by atoms with van der Waals surface area (Å²) in [4.78, 5) is 67.7. The summed E-state index contributed by atoms with van der Waals surface area (Å²) in [6.07, 6.45) is 7.95. The Labute approximate surface area is 236 Å². The van der Waals surface area contributed by atoms with Crippen LogP contribution < -0.4 is 17.0 Å². The van der Waals surface area contributed by atoms with Crippen LogP contribution in [0, 0.1) is 22.2 Å². The molecule has 5 fully saturated rings. The topological polar surface area (TPSA) is 192 Å². The van der Waals surface area contributed by atoms with Gasteiger partial charge in [-0.3, -0.25) is 33.8 Å². The first kappa shape index (κ1) is 27.5. The van der Waals surface area contributed by atoms with Gasteiger partial charge < -0.3 is 20.8 Å².